The van der Waals surface area contributed by atoms with Crippen LogP contribution >= 0.6 is 0 Å². The van der Waals surface area contributed by atoms with Crippen LogP contribution in [0.25, 0.3) is 10.9 Å². The van der Waals surface area contributed by atoms with Crippen LogP contribution in [0.2, 0.25) is 0 Å². The first-order valence-electron chi connectivity index (χ1n) is 7.41. The number of phenols is 1. The van der Waals surface area contributed by atoms with Gasteiger partial charge in [0.05, 0.1) is 23.1 Å². The number of hydrogen-bond donors (Lipinski definition) is 3. The minimum atomic E-state index is -1.06. The van der Waals surface area contributed by atoms with E-state index in [1.165, 1.54) is 12.1 Å². The number of hydrogen-bond acceptors (Lipinski definition) is 6. The standard InChI is InChI=1S/C17H16N4O3/c1-10(6-11-8-18-4-5-19-11)21-12-7-14-13(17(23)24)2-3-15(22)16(14)20-9-12/h2-5,7-10,21-22H,6H2,1H3,(H,23,24). The average Bonchev–Trinajstić information content (AvgIpc) is 2.55. The molecular weight excluding hydrogens is 308 g/mol. The van der Waals surface area contributed by atoms with Crippen molar-refractivity contribution >= 4 is 22.6 Å². The normalized spacial score (nSPS) is 12.0. The van der Waals surface area contributed by atoms with E-state index in [0.29, 0.717) is 17.5 Å². The number of carboxylic acid groups (broad SMARTS) is 1. The number of nitrogens with one attached hydrogen (secondary N) is 1. The summed E-state index contributed by atoms with van der Waals surface area (Å²) in [6.45, 7) is 1.99. The van der Waals surface area contributed by atoms with Gasteiger partial charge >= 0.3 is 5.97 Å². The molecule has 2 aromatic heterocycles. The van der Waals surface area contributed by atoms with Crippen LogP contribution in [0.4, 0.5) is 5.69 Å². The lowest BCUT2D eigenvalue weighted by Gasteiger charge is -2.15. The lowest BCUT2D eigenvalue weighted by atomic mass is 10.1. The first-order valence-corrected chi connectivity index (χ1v) is 7.41. The molecule has 0 aliphatic rings. The Morgan fingerprint density at radius 2 is 2.08 bits per heavy atom. The van der Waals surface area contributed by atoms with Crippen LogP contribution in [0.1, 0.15) is 23.0 Å². The van der Waals surface area contributed by atoms with Crippen molar-refractivity contribution in [2.45, 2.75) is 19.4 Å². The average molecular weight is 324 g/mol. The molecule has 1 atom stereocenters. The van der Waals surface area contributed by atoms with Gasteiger partial charge in [-0.2, -0.15) is 0 Å². The minimum absolute atomic E-state index is 0.0471. The Hall–Kier alpha value is -3.22. The number of benzene rings is 1. The van der Waals surface area contributed by atoms with Crippen LogP contribution in [0.3, 0.4) is 0 Å². The molecule has 7 heteroatoms. The van der Waals surface area contributed by atoms with Gasteiger partial charge in [-0.25, -0.2) is 4.79 Å². The molecule has 3 aromatic rings. The van der Waals surface area contributed by atoms with Gasteiger partial charge in [0.25, 0.3) is 0 Å². The molecule has 2 heterocycles. The molecule has 0 saturated heterocycles. The number of rotatable bonds is 5. The summed E-state index contributed by atoms with van der Waals surface area (Å²) in [6, 6.07) is 4.43. The van der Waals surface area contributed by atoms with E-state index >= 15 is 0 Å². The Morgan fingerprint density at radius 3 is 2.79 bits per heavy atom. The molecule has 1 unspecified atom stereocenters. The van der Waals surface area contributed by atoms with Gasteiger partial charge in [0.2, 0.25) is 0 Å². The maximum Gasteiger partial charge on any atom is 0.336 e. The molecule has 0 aliphatic carbocycles. The van der Waals surface area contributed by atoms with Crippen LogP contribution in [0.15, 0.2) is 43.0 Å². The summed E-state index contributed by atoms with van der Waals surface area (Å²) < 4.78 is 0. The summed E-state index contributed by atoms with van der Waals surface area (Å²) in [4.78, 5) is 23.8. The molecule has 1 aromatic carbocycles. The lowest BCUT2D eigenvalue weighted by Crippen LogP contribution is -2.19. The van der Waals surface area contributed by atoms with Crippen molar-refractivity contribution in [2.24, 2.45) is 0 Å². The molecule has 122 valence electrons. The van der Waals surface area contributed by atoms with Crippen LogP contribution in [0.5, 0.6) is 5.75 Å². The first kappa shape index (κ1) is 15.7. The molecule has 0 spiro atoms. The summed E-state index contributed by atoms with van der Waals surface area (Å²) in [5.41, 5.74) is 1.89. The number of fused-ring (bicyclic) bond motifs is 1. The monoisotopic (exact) mass is 324 g/mol. The number of pyridine rings is 1. The highest BCUT2D eigenvalue weighted by Crippen LogP contribution is 2.28. The molecule has 0 saturated carbocycles. The predicted octanol–water partition coefficient (Wildman–Crippen LogP) is 2.47. The molecule has 0 radical (unpaired) electrons. The van der Waals surface area contributed by atoms with Crippen LogP contribution in [-0.2, 0) is 6.42 Å². The van der Waals surface area contributed by atoms with Gasteiger partial charge in [0.15, 0.2) is 0 Å². The van der Waals surface area contributed by atoms with Gasteiger partial charge in [-0.3, -0.25) is 15.0 Å². The second-order valence-corrected chi connectivity index (χ2v) is 5.50. The van der Waals surface area contributed by atoms with Gasteiger partial charge in [0.1, 0.15) is 11.3 Å². The van der Waals surface area contributed by atoms with Crippen LogP contribution in [0, 0.1) is 0 Å². The Balaban J connectivity index is 1.87. The Labute approximate surface area is 138 Å². The molecule has 3 N–H and O–H groups in total. The zero-order valence-corrected chi connectivity index (χ0v) is 13.0. The summed E-state index contributed by atoms with van der Waals surface area (Å²) in [6.07, 6.45) is 7.20. The molecule has 0 bridgehead atoms. The van der Waals surface area contributed by atoms with Crippen molar-refractivity contribution in [3.05, 3.63) is 54.2 Å². The molecule has 0 fully saturated rings. The summed E-state index contributed by atoms with van der Waals surface area (Å²) in [5.74, 6) is -1.11. The fourth-order valence-corrected chi connectivity index (χ4v) is 2.56. The lowest BCUT2D eigenvalue weighted by molar-refractivity contribution is 0.0699. The number of aromatic nitrogens is 3. The van der Waals surface area contributed by atoms with Crippen molar-refractivity contribution in [3.63, 3.8) is 0 Å². The topological polar surface area (TPSA) is 108 Å². The highest BCUT2D eigenvalue weighted by atomic mass is 16.4. The number of carboxylic acids is 1. The third-order valence-corrected chi connectivity index (χ3v) is 3.60. The molecule has 7 nitrogen and oxygen atoms in total. The van der Waals surface area contributed by atoms with E-state index in [1.54, 1.807) is 30.9 Å². The largest absolute Gasteiger partial charge is 0.506 e. The summed E-state index contributed by atoms with van der Waals surface area (Å²) in [5, 5.41) is 22.8. The maximum atomic E-state index is 11.4. The third kappa shape index (κ3) is 3.24. The van der Waals surface area contributed by atoms with Crippen LogP contribution < -0.4 is 5.32 Å². The van der Waals surface area contributed by atoms with E-state index < -0.39 is 5.97 Å². The number of aromatic carboxylic acids is 1. The predicted molar refractivity (Wildman–Crippen MR) is 89.2 cm³/mol. The van der Waals surface area contributed by atoms with E-state index in [9.17, 15) is 15.0 Å². The van der Waals surface area contributed by atoms with Crippen molar-refractivity contribution in [1.82, 2.24) is 15.0 Å². The van der Waals surface area contributed by atoms with E-state index in [0.717, 1.165) is 5.69 Å². The fraction of sp³-hybridized carbons (Fsp3) is 0.176. The Morgan fingerprint density at radius 1 is 1.25 bits per heavy atom. The van der Waals surface area contributed by atoms with Gasteiger partial charge < -0.3 is 15.5 Å². The van der Waals surface area contributed by atoms with Gasteiger partial charge in [-0.1, -0.05) is 0 Å². The van der Waals surface area contributed by atoms with Gasteiger partial charge in [-0.15, -0.1) is 0 Å². The van der Waals surface area contributed by atoms with E-state index in [1.807, 2.05) is 6.92 Å². The second kappa shape index (κ2) is 6.49. The minimum Gasteiger partial charge on any atom is -0.506 e. The van der Waals surface area contributed by atoms with Crippen LogP contribution in [-0.4, -0.2) is 37.2 Å². The van der Waals surface area contributed by atoms with Gasteiger partial charge in [-0.05, 0) is 25.1 Å². The van der Waals surface area contributed by atoms with Crippen molar-refractivity contribution in [2.75, 3.05) is 5.32 Å². The highest BCUT2D eigenvalue weighted by molar-refractivity contribution is 6.05. The Kier molecular flexibility index (Phi) is 4.24. The Bertz CT molecular complexity index is 884. The summed E-state index contributed by atoms with van der Waals surface area (Å²) in [7, 11) is 0. The van der Waals surface area contributed by atoms with Crippen molar-refractivity contribution in [3.8, 4) is 5.75 Å². The molecule has 0 amide bonds. The van der Waals surface area contributed by atoms with Crippen molar-refractivity contribution in [1.29, 1.82) is 0 Å². The molecule has 24 heavy (non-hydrogen) atoms. The fourth-order valence-electron chi connectivity index (χ4n) is 2.56. The number of carbonyl (C=O) groups is 1. The number of aromatic hydroxyl groups is 1. The van der Waals surface area contributed by atoms with Gasteiger partial charge in [0, 0.05) is 36.4 Å². The maximum absolute atomic E-state index is 11.4. The quantitative estimate of drug-likeness (QED) is 0.661. The van der Waals surface area contributed by atoms with E-state index in [-0.39, 0.29) is 22.9 Å². The first-order chi connectivity index (χ1) is 11.5. The van der Waals surface area contributed by atoms with Crippen molar-refractivity contribution < 1.29 is 15.0 Å². The number of anilines is 1. The SMILES string of the molecule is CC(Cc1cnccn1)Nc1cnc2c(O)ccc(C(=O)O)c2c1. The second-order valence-electron chi connectivity index (χ2n) is 5.50. The molecular formula is C17H16N4O3. The van der Waals surface area contributed by atoms with E-state index in [2.05, 4.69) is 20.3 Å². The van der Waals surface area contributed by atoms with E-state index in [4.69, 9.17) is 0 Å². The third-order valence-electron chi connectivity index (χ3n) is 3.60. The smallest absolute Gasteiger partial charge is 0.336 e. The highest BCUT2D eigenvalue weighted by Gasteiger charge is 2.13. The zero-order valence-electron chi connectivity index (χ0n) is 13.0. The zero-order chi connectivity index (χ0) is 17.1. The molecule has 3 rings (SSSR count). The molecule has 0 aliphatic heterocycles. The summed E-state index contributed by atoms with van der Waals surface area (Å²) >= 11 is 0. The number of phenolic OH excluding ortho intramolecular Hbond substituents is 1. The number of nitrogens with zero attached hydrogens (tertiary/aromatic N) is 3.